The van der Waals surface area contributed by atoms with Crippen LogP contribution in [0.3, 0.4) is 0 Å². The van der Waals surface area contributed by atoms with Gasteiger partial charge >= 0.3 is 0 Å². The predicted octanol–water partition coefficient (Wildman–Crippen LogP) is 2.11. The highest BCUT2D eigenvalue weighted by atomic mass is 35.5. The first-order valence-corrected chi connectivity index (χ1v) is 8.90. The van der Waals surface area contributed by atoms with Crippen molar-refractivity contribution in [1.82, 2.24) is 0 Å². The van der Waals surface area contributed by atoms with Crippen molar-refractivity contribution < 1.29 is 13.2 Å². The Hall–Kier alpha value is -1.11. The van der Waals surface area contributed by atoms with E-state index in [4.69, 9.17) is 5.73 Å². The first-order chi connectivity index (χ1) is 9.50. The van der Waals surface area contributed by atoms with Crippen molar-refractivity contribution >= 4 is 33.8 Å². The highest BCUT2D eigenvalue weighted by molar-refractivity contribution is 7.90. The molecule has 0 aliphatic rings. The molecule has 1 atom stereocenters. The Labute approximate surface area is 139 Å². The number of nitrogens with two attached hydrogens (primary N) is 1. The van der Waals surface area contributed by atoms with Crippen LogP contribution in [0.2, 0.25) is 0 Å². The van der Waals surface area contributed by atoms with Gasteiger partial charge in [-0.2, -0.15) is 0 Å². The van der Waals surface area contributed by atoms with Crippen LogP contribution in [-0.2, 0) is 20.0 Å². The van der Waals surface area contributed by atoms with E-state index in [0.29, 0.717) is 5.69 Å². The summed E-state index contributed by atoms with van der Waals surface area (Å²) in [6, 6.07) is 6.69. The number of rotatable bonds is 5. The molecule has 0 aromatic heterocycles. The lowest BCUT2D eigenvalue weighted by atomic mass is 9.86. The molecule has 0 radical (unpaired) electrons. The molecule has 1 unspecified atom stereocenters. The molecule has 7 heteroatoms. The van der Waals surface area contributed by atoms with Gasteiger partial charge in [0.05, 0.1) is 11.8 Å². The van der Waals surface area contributed by atoms with Gasteiger partial charge in [0.25, 0.3) is 0 Å². The first-order valence-electron chi connectivity index (χ1n) is 6.84. The van der Waals surface area contributed by atoms with Crippen LogP contribution in [0.25, 0.3) is 0 Å². The average Bonchev–Trinajstić information content (AvgIpc) is 2.34. The van der Waals surface area contributed by atoms with Gasteiger partial charge in [-0.05, 0) is 23.5 Å². The van der Waals surface area contributed by atoms with Crippen LogP contribution in [0.4, 0.5) is 5.69 Å². The summed E-state index contributed by atoms with van der Waals surface area (Å²) in [5.41, 5.74) is 7.37. The molecule has 0 spiro atoms. The molecule has 0 fully saturated rings. The van der Waals surface area contributed by atoms with Gasteiger partial charge in [-0.25, -0.2) is 8.42 Å². The highest BCUT2D eigenvalue weighted by Gasteiger charge is 2.21. The van der Waals surface area contributed by atoms with Crippen LogP contribution in [0.15, 0.2) is 24.3 Å². The van der Waals surface area contributed by atoms with Crippen molar-refractivity contribution in [3.05, 3.63) is 29.8 Å². The summed E-state index contributed by atoms with van der Waals surface area (Å²) in [5, 5.41) is 2.79. The molecule has 5 nitrogen and oxygen atoms in total. The fraction of sp³-hybridized carbons (Fsp3) is 0.533. The number of nitrogens with one attached hydrogen (secondary N) is 1. The molecule has 0 aliphatic carbocycles. The Kier molecular flexibility index (Phi) is 7.54. The minimum Gasteiger partial charge on any atom is -0.324 e. The number of hydrogen-bond donors (Lipinski definition) is 2. The Morgan fingerprint density at radius 3 is 2.32 bits per heavy atom. The van der Waals surface area contributed by atoms with Gasteiger partial charge in [-0.3, -0.25) is 4.79 Å². The number of amides is 1. The molecule has 3 N–H and O–H groups in total. The van der Waals surface area contributed by atoms with E-state index in [2.05, 4.69) is 26.1 Å². The standard InChI is InChI=1S/C15H24N2O3S.ClH/c1-15(2,3)11-7-5-6-8-13(11)17-14(18)12(16)9-10-21(4,19)20;/h5-8,12H,9-10,16H2,1-4H3,(H,17,18);1H. The number of carbonyl (C=O) groups is 1. The van der Waals surface area contributed by atoms with Crippen LogP contribution in [-0.4, -0.2) is 32.4 Å². The van der Waals surface area contributed by atoms with Crippen molar-refractivity contribution in [2.45, 2.75) is 38.6 Å². The van der Waals surface area contributed by atoms with E-state index in [-0.39, 0.29) is 35.9 Å². The molecular formula is C15H25ClN2O3S. The summed E-state index contributed by atoms with van der Waals surface area (Å²) >= 11 is 0. The third kappa shape index (κ3) is 6.77. The summed E-state index contributed by atoms with van der Waals surface area (Å²) in [5.74, 6) is -0.460. The monoisotopic (exact) mass is 348 g/mol. The van der Waals surface area contributed by atoms with E-state index >= 15 is 0 Å². The van der Waals surface area contributed by atoms with Gasteiger partial charge in [0.2, 0.25) is 5.91 Å². The number of anilines is 1. The number of carbonyl (C=O) groups excluding carboxylic acids is 1. The fourth-order valence-electron chi connectivity index (χ4n) is 1.94. The van der Waals surface area contributed by atoms with Crippen molar-refractivity contribution in [1.29, 1.82) is 0 Å². The number of sulfone groups is 1. The minimum atomic E-state index is -3.12. The van der Waals surface area contributed by atoms with Crippen LogP contribution in [0.1, 0.15) is 32.8 Å². The molecule has 22 heavy (non-hydrogen) atoms. The van der Waals surface area contributed by atoms with E-state index < -0.39 is 15.9 Å². The Morgan fingerprint density at radius 2 is 1.82 bits per heavy atom. The van der Waals surface area contributed by atoms with E-state index in [1.807, 2.05) is 24.3 Å². The lowest BCUT2D eigenvalue weighted by molar-refractivity contribution is -0.117. The zero-order chi connectivity index (χ0) is 16.3. The van der Waals surface area contributed by atoms with Gasteiger partial charge < -0.3 is 11.1 Å². The second kappa shape index (κ2) is 7.94. The van der Waals surface area contributed by atoms with Gasteiger partial charge in [0.15, 0.2) is 0 Å². The van der Waals surface area contributed by atoms with E-state index in [0.717, 1.165) is 11.8 Å². The Balaban J connectivity index is 0.00000441. The second-order valence-electron chi connectivity index (χ2n) is 6.31. The summed E-state index contributed by atoms with van der Waals surface area (Å²) in [7, 11) is -3.12. The molecular weight excluding hydrogens is 324 g/mol. The quantitative estimate of drug-likeness (QED) is 0.852. The molecule has 0 bridgehead atoms. The fourth-order valence-corrected chi connectivity index (χ4v) is 2.63. The summed E-state index contributed by atoms with van der Waals surface area (Å²) in [4.78, 5) is 12.1. The van der Waals surface area contributed by atoms with Gasteiger partial charge in [-0.15, -0.1) is 12.4 Å². The zero-order valence-corrected chi connectivity index (χ0v) is 15.1. The topological polar surface area (TPSA) is 89.3 Å². The van der Waals surface area contributed by atoms with Crippen molar-refractivity contribution in [3.8, 4) is 0 Å². The van der Waals surface area contributed by atoms with E-state index in [1.54, 1.807) is 0 Å². The normalized spacial score (nSPS) is 13.1. The average molecular weight is 349 g/mol. The predicted molar refractivity (Wildman–Crippen MR) is 93.3 cm³/mol. The maximum absolute atomic E-state index is 12.1. The molecule has 0 saturated carbocycles. The maximum Gasteiger partial charge on any atom is 0.241 e. The molecule has 0 aliphatic heterocycles. The maximum atomic E-state index is 12.1. The highest BCUT2D eigenvalue weighted by Crippen LogP contribution is 2.29. The minimum absolute atomic E-state index is 0. The third-order valence-corrected chi connectivity index (χ3v) is 4.11. The van der Waals surface area contributed by atoms with Crippen LogP contribution < -0.4 is 11.1 Å². The largest absolute Gasteiger partial charge is 0.324 e. The lowest BCUT2D eigenvalue weighted by Crippen LogP contribution is -2.37. The number of para-hydroxylation sites is 1. The Morgan fingerprint density at radius 1 is 1.27 bits per heavy atom. The molecule has 1 amide bonds. The lowest BCUT2D eigenvalue weighted by Gasteiger charge is -2.23. The summed E-state index contributed by atoms with van der Waals surface area (Å²) in [6.45, 7) is 6.17. The van der Waals surface area contributed by atoms with Crippen LogP contribution in [0.5, 0.6) is 0 Å². The number of hydrogen-bond acceptors (Lipinski definition) is 4. The van der Waals surface area contributed by atoms with Crippen LogP contribution >= 0.6 is 12.4 Å². The van der Waals surface area contributed by atoms with Gasteiger partial charge in [0.1, 0.15) is 9.84 Å². The summed E-state index contributed by atoms with van der Waals surface area (Å²) < 4.78 is 22.2. The van der Waals surface area contributed by atoms with Gasteiger partial charge in [-0.1, -0.05) is 39.0 Å². The molecule has 1 aromatic carbocycles. The third-order valence-electron chi connectivity index (χ3n) is 3.13. The molecule has 1 rings (SSSR count). The van der Waals surface area contributed by atoms with Gasteiger partial charge in [0, 0.05) is 11.9 Å². The second-order valence-corrected chi connectivity index (χ2v) is 8.57. The Bertz CT molecular complexity index is 609. The van der Waals surface area contributed by atoms with Crippen LogP contribution in [0, 0.1) is 0 Å². The van der Waals surface area contributed by atoms with Crippen molar-refractivity contribution in [2.24, 2.45) is 5.73 Å². The zero-order valence-electron chi connectivity index (χ0n) is 13.4. The van der Waals surface area contributed by atoms with Crippen molar-refractivity contribution in [2.75, 3.05) is 17.3 Å². The molecule has 126 valence electrons. The number of halogens is 1. The van der Waals surface area contributed by atoms with E-state index in [9.17, 15) is 13.2 Å². The van der Waals surface area contributed by atoms with Crippen molar-refractivity contribution in [3.63, 3.8) is 0 Å². The SMILES string of the molecule is CC(C)(C)c1ccccc1NC(=O)C(N)CCS(C)(=O)=O.Cl. The first kappa shape index (κ1) is 20.9. The smallest absolute Gasteiger partial charge is 0.241 e. The molecule has 0 heterocycles. The van der Waals surface area contributed by atoms with E-state index in [1.165, 1.54) is 0 Å². The molecule has 1 aromatic rings. The molecule has 0 saturated heterocycles. The summed E-state index contributed by atoms with van der Waals surface area (Å²) in [6.07, 6.45) is 1.24. The number of benzene rings is 1.